The van der Waals surface area contributed by atoms with E-state index in [0.717, 1.165) is 29.6 Å². The number of hydrogen-bond acceptors (Lipinski definition) is 4. The van der Waals surface area contributed by atoms with Gasteiger partial charge in [0, 0.05) is 43.9 Å². The maximum absolute atomic E-state index is 5.86. The van der Waals surface area contributed by atoms with Crippen LogP contribution in [0.1, 0.15) is 12.5 Å². The molecule has 0 saturated carbocycles. The fraction of sp³-hybridized carbons (Fsp3) is 0.400. The van der Waals surface area contributed by atoms with Crippen LogP contribution < -0.4 is 10.6 Å². The second kappa shape index (κ2) is 6.50. The highest BCUT2D eigenvalue weighted by molar-refractivity contribution is 5.93. The lowest BCUT2D eigenvalue weighted by molar-refractivity contribution is 0.205. The van der Waals surface area contributed by atoms with E-state index in [1.54, 1.807) is 7.11 Å². The summed E-state index contributed by atoms with van der Waals surface area (Å²) in [7, 11) is 1.72. The minimum atomic E-state index is 0.497. The Labute approximate surface area is 114 Å². The van der Waals surface area contributed by atoms with E-state index < -0.39 is 0 Å². The Hall–Kier alpha value is -1.65. The molecule has 2 aromatic rings. The Morgan fingerprint density at radius 1 is 1.32 bits per heavy atom. The third kappa shape index (κ3) is 2.85. The topological polar surface area (TPSA) is 51.4 Å². The molecule has 0 bridgehead atoms. The van der Waals surface area contributed by atoms with Crippen LogP contribution in [-0.2, 0) is 11.3 Å². The van der Waals surface area contributed by atoms with Gasteiger partial charge in [-0.2, -0.15) is 0 Å². The SMILES string of the molecule is CCN(CCOC)c1c(CN)cnc2ccccc12. The van der Waals surface area contributed by atoms with Crippen LogP contribution in [0.25, 0.3) is 10.9 Å². The number of nitrogens with zero attached hydrogens (tertiary/aromatic N) is 2. The fourth-order valence-electron chi connectivity index (χ4n) is 2.32. The minimum Gasteiger partial charge on any atom is -0.383 e. The number of rotatable bonds is 6. The van der Waals surface area contributed by atoms with Crippen LogP contribution in [0.4, 0.5) is 5.69 Å². The summed E-state index contributed by atoms with van der Waals surface area (Å²) in [6, 6.07) is 8.18. The molecular formula is C15H21N3O. The van der Waals surface area contributed by atoms with Gasteiger partial charge in [-0.25, -0.2) is 0 Å². The standard InChI is InChI=1S/C15H21N3O/c1-3-18(8-9-19-2)15-12(10-16)11-17-14-7-5-4-6-13(14)15/h4-7,11H,3,8-10,16H2,1-2H3. The molecule has 4 heteroatoms. The first-order chi connectivity index (χ1) is 9.31. The Kier molecular flexibility index (Phi) is 4.71. The molecule has 19 heavy (non-hydrogen) atoms. The van der Waals surface area contributed by atoms with Crippen molar-refractivity contribution in [2.45, 2.75) is 13.5 Å². The zero-order valence-corrected chi connectivity index (χ0v) is 11.6. The van der Waals surface area contributed by atoms with Crippen LogP contribution in [0.3, 0.4) is 0 Å². The molecule has 2 rings (SSSR count). The van der Waals surface area contributed by atoms with Crippen molar-refractivity contribution in [1.82, 2.24) is 4.98 Å². The summed E-state index contributed by atoms with van der Waals surface area (Å²) in [4.78, 5) is 6.77. The van der Waals surface area contributed by atoms with Crippen molar-refractivity contribution in [1.29, 1.82) is 0 Å². The van der Waals surface area contributed by atoms with Gasteiger partial charge in [-0.1, -0.05) is 18.2 Å². The van der Waals surface area contributed by atoms with Gasteiger partial charge >= 0.3 is 0 Å². The largest absolute Gasteiger partial charge is 0.383 e. The molecule has 0 spiro atoms. The van der Waals surface area contributed by atoms with Crippen molar-refractivity contribution in [3.8, 4) is 0 Å². The third-order valence-corrected chi connectivity index (χ3v) is 3.31. The summed E-state index contributed by atoms with van der Waals surface area (Å²) < 4.78 is 5.19. The first-order valence-electron chi connectivity index (χ1n) is 6.62. The van der Waals surface area contributed by atoms with E-state index in [1.807, 2.05) is 24.4 Å². The van der Waals surface area contributed by atoms with Gasteiger partial charge in [-0.05, 0) is 13.0 Å². The molecule has 0 atom stereocenters. The molecule has 0 fully saturated rings. The Morgan fingerprint density at radius 2 is 2.11 bits per heavy atom. The average Bonchev–Trinajstić information content (AvgIpc) is 2.47. The number of likely N-dealkylation sites (N-methyl/N-ethyl adjacent to an activating group) is 1. The van der Waals surface area contributed by atoms with Crippen molar-refractivity contribution >= 4 is 16.6 Å². The van der Waals surface area contributed by atoms with Crippen LogP contribution in [0.2, 0.25) is 0 Å². The molecule has 0 aliphatic rings. The molecule has 0 aliphatic carbocycles. The van der Waals surface area contributed by atoms with E-state index in [-0.39, 0.29) is 0 Å². The molecule has 1 aromatic carbocycles. The van der Waals surface area contributed by atoms with Crippen molar-refractivity contribution < 1.29 is 4.74 Å². The monoisotopic (exact) mass is 259 g/mol. The van der Waals surface area contributed by atoms with Gasteiger partial charge in [0.2, 0.25) is 0 Å². The third-order valence-electron chi connectivity index (χ3n) is 3.31. The van der Waals surface area contributed by atoms with Gasteiger partial charge in [0.25, 0.3) is 0 Å². The molecule has 2 N–H and O–H groups in total. The number of hydrogen-bond donors (Lipinski definition) is 1. The van der Waals surface area contributed by atoms with Gasteiger partial charge in [0.05, 0.1) is 17.8 Å². The average molecular weight is 259 g/mol. The van der Waals surface area contributed by atoms with Crippen LogP contribution in [0.15, 0.2) is 30.5 Å². The van der Waals surface area contributed by atoms with Gasteiger partial charge in [-0.15, -0.1) is 0 Å². The molecule has 1 heterocycles. The van der Waals surface area contributed by atoms with Crippen LogP contribution in [0.5, 0.6) is 0 Å². The Morgan fingerprint density at radius 3 is 2.79 bits per heavy atom. The fourth-order valence-corrected chi connectivity index (χ4v) is 2.32. The summed E-state index contributed by atoms with van der Waals surface area (Å²) in [5, 5.41) is 1.16. The van der Waals surface area contributed by atoms with E-state index in [0.29, 0.717) is 13.2 Å². The number of methoxy groups -OCH3 is 1. The van der Waals surface area contributed by atoms with E-state index in [9.17, 15) is 0 Å². The second-order valence-corrected chi connectivity index (χ2v) is 4.43. The normalized spacial score (nSPS) is 10.9. The molecular weight excluding hydrogens is 238 g/mol. The molecule has 102 valence electrons. The number of pyridine rings is 1. The zero-order chi connectivity index (χ0) is 13.7. The number of fused-ring (bicyclic) bond motifs is 1. The van der Waals surface area contributed by atoms with Gasteiger partial charge < -0.3 is 15.4 Å². The number of benzene rings is 1. The quantitative estimate of drug-likeness (QED) is 0.863. The molecule has 4 nitrogen and oxygen atoms in total. The maximum atomic E-state index is 5.86. The molecule has 0 unspecified atom stereocenters. The number of para-hydroxylation sites is 1. The molecule has 0 aliphatic heterocycles. The highest BCUT2D eigenvalue weighted by Crippen LogP contribution is 2.29. The predicted octanol–water partition coefficient (Wildman–Crippen LogP) is 2.17. The minimum absolute atomic E-state index is 0.497. The highest BCUT2D eigenvalue weighted by Gasteiger charge is 2.13. The first kappa shape index (κ1) is 13.8. The van der Waals surface area contributed by atoms with Crippen molar-refractivity contribution in [3.05, 3.63) is 36.0 Å². The first-order valence-corrected chi connectivity index (χ1v) is 6.62. The highest BCUT2D eigenvalue weighted by atomic mass is 16.5. The number of anilines is 1. The Balaban J connectivity index is 2.53. The van der Waals surface area contributed by atoms with Gasteiger partial charge in [0.15, 0.2) is 0 Å². The number of aromatic nitrogens is 1. The summed E-state index contributed by atoms with van der Waals surface area (Å²) in [6.45, 7) is 5.12. The molecule has 0 amide bonds. The predicted molar refractivity (Wildman–Crippen MR) is 79.4 cm³/mol. The summed E-state index contributed by atoms with van der Waals surface area (Å²) in [5.74, 6) is 0. The lowest BCUT2D eigenvalue weighted by Gasteiger charge is -2.26. The van der Waals surface area contributed by atoms with E-state index in [4.69, 9.17) is 10.5 Å². The van der Waals surface area contributed by atoms with Crippen LogP contribution in [-0.4, -0.2) is 31.8 Å². The summed E-state index contributed by atoms with van der Waals surface area (Å²) in [5.41, 5.74) is 9.14. The maximum Gasteiger partial charge on any atom is 0.0723 e. The van der Waals surface area contributed by atoms with Crippen molar-refractivity contribution in [2.75, 3.05) is 31.7 Å². The lowest BCUT2D eigenvalue weighted by atomic mass is 10.1. The number of nitrogens with two attached hydrogens (primary N) is 1. The van der Waals surface area contributed by atoms with E-state index in [2.05, 4.69) is 22.9 Å². The second-order valence-electron chi connectivity index (χ2n) is 4.43. The summed E-state index contributed by atoms with van der Waals surface area (Å²) >= 11 is 0. The van der Waals surface area contributed by atoms with Crippen molar-refractivity contribution in [2.24, 2.45) is 5.73 Å². The van der Waals surface area contributed by atoms with Gasteiger partial charge in [0.1, 0.15) is 0 Å². The lowest BCUT2D eigenvalue weighted by Crippen LogP contribution is -2.28. The van der Waals surface area contributed by atoms with Crippen molar-refractivity contribution in [3.63, 3.8) is 0 Å². The van der Waals surface area contributed by atoms with E-state index in [1.165, 1.54) is 5.69 Å². The van der Waals surface area contributed by atoms with Crippen LogP contribution >= 0.6 is 0 Å². The zero-order valence-electron chi connectivity index (χ0n) is 11.6. The van der Waals surface area contributed by atoms with E-state index >= 15 is 0 Å². The molecule has 0 radical (unpaired) electrons. The summed E-state index contributed by atoms with van der Waals surface area (Å²) in [6.07, 6.45) is 1.88. The smallest absolute Gasteiger partial charge is 0.0723 e. The molecule has 0 saturated heterocycles. The van der Waals surface area contributed by atoms with Gasteiger partial charge in [-0.3, -0.25) is 4.98 Å². The Bertz CT molecular complexity index is 542. The number of ether oxygens (including phenoxy) is 1. The van der Waals surface area contributed by atoms with Crippen LogP contribution in [0, 0.1) is 0 Å². The molecule has 1 aromatic heterocycles.